The summed E-state index contributed by atoms with van der Waals surface area (Å²) in [7, 11) is 0. The first-order valence-electron chi connectivity index (χ1n) is 8.43. The van der Waals surface area contributed by atoms with Crippen LogP contribution in [0.25, 0.3) is 0 Å². The van der Waals surface area contributed by atoms with E-state index in [1.54, 1.807) is 0 Å². The van der Waals surface area contributed by atoms with E-state index in [0.717, 1.165) is 32.4 Å². The Balaban J connectivity index is 1.41. The fourth-order valence-electron chi connectivity index (χ4n) is 3.26. The molecule has 2 saturated heterocycles. The van der Waals surface area contributed by atoms with Crippen molar-refractivity contribution in [3.8, 4) is 0 Å². The predicted molar refractivity (Wildman–Crippen MR) is 86.8 cm³/mol. The van der Waals surface area contributed by atoms with Gasteiger partial charge in [0.2, 0.25) is 11.8 Å². The van der Waals surface area contributed by atoms with Crippen LogP contribution in [-0.4, -0.2) is 49.1 Å². The molecular formula is C18H24N2O3. The molecule has 2 heterocycles. The van der Waals surface area contributed by atoms with Crippen LogP contribution < -0.4 is 5.32 Å². The van der Waals surface area contributed by atoms with E-state index in [2.05, 4.69) is 17.4 Å². The molecule has 0 aliphatic carbocycles. The van der Waals surface area contributed by atoms with Crippen LogP contribution in [0.3, 0.4) is 0 Å². The largest absolute Gasteiger partial charge is 0.368 e. The molecule has 1 N–H and O–H groups in total. The third-order valence-corrected chi connectivity index (χ3v) is 4.59. The minimum Gasteiger partial charge on any atom is -0.368 e. The van der Waals surface area contributed by atoms with Gasteiger partial charge in [0.25, 0.3) is 0 Å². The van der Waals surface area contributed by atoms with Crippen molar-refractivity contribution in [3.63, 3.8) is 0 Å². The highest BCUT2D eigenvalue weighted by Gasteiger charge is 2.30. The third-order valence-electron chi connectivity index (χ3n) is 4.59. The Morgan fingerprint density at radius 1 is 1.30 bits per heavy atom. The summed E-state index contributed by atoms with van der Waals surface area (Å²) in [6.07, 6.45) is 2.87. The summed E-state index contributed by atoms with van der Waals surface area (Å²) in [5, 5.41) is 2.94. The molecule has 5 nitrogen and oxygen atoms in total. The van der Waals surface area contributed by atoms with Gasteiger partial charge in [0.05, 0.1) is 0 Å². The van der Waals surface area contributed by atoms with Gasteiger partial charge in [-0.2, -0.15) is 0 Å². The minimum absolute atomic E-state index is 0.0299. The summed E-state index contributed by atoms with van der Waals surface area (Å²) in [5.74, 6) is 0.374. The van der Waals surface area contributed by atoms with Crippen molar-refractivity contribution < 1.29 is 14.3 Å². The normalized spacial score (nSPS) is 24.2. The quantitative estimate of drug-likeness (QED) is 0.862. The maximum atomic E-state index is 12.1. The molecule has 2 atom stereocenters. The zero-order valence-corrected chi connectivity index (χ0v) is 13.4. The van der Waals surface area contributed by atoms with Gasteiger partial charge in [0, 0.05) is 38.6 Å². The number of carbonyl (C=O) groups excluding carboxylic acids is 2. The second kappa shape index (κ2) is 7.59. The van der Waals surface area contributed by atoms with Crippen LogP contribution in [0.5, 0.6) is 0 Å². The number of hydrogen-bond donors (Lipinski definition) is 1. The molecule has 1 aromatic carbocycles. The molecule has 0 spiro atoms. The maximum absolute atomic E-state index is 12.1. The Bertz CT molecular complexity index is 540. The van der Waals surface area contributed by atoms with E-state index in [4.69, 9.17) is 4.74 Å². The summed E-state index contributed by atoms with van der Waals surface area (Å²) in [6.45, 7) is 2.72. The van der Waals surface area contributed by atoms with E-state index in [1.807, 2.05) is 23.1 Å². The number of likely N-dealkylation sites (tertiary alicyclic amines) is 1. The lowest BCUT2D eigenvalue weighted by Crippen LogP contribution is -2.37. The van der Waals surface area contributed by atoms with Crippen molar-refractivity contribution in [2.75, 3.05) is 26.2 Å². The number of nitrogens with one attached hydrogen (secondary N) is 1. The van der Waals surface area contributed by atoms with Gasteiger partial charge in [0.1, 0.15) is 6.10 Å². The molecule has 124 valence electrons. The first kappa shape index (κ1) is 16.0. The number of ether oxygens (including phenoxy) is 1. The first-order chi connectivity index (χ1) is 11.2. The molecule has 2 aliphatic rings. The summed E-state index contributed by atoms with van der Waals surface area (Å²) in [6, 6.07) is 10.2. The van der Waals surface area contributed by atoms with Gasteiger partial charge in [-0.1, -0.05) is 30.3 Å². The number of benzene rings is 1. The van der Waals surface area contributed by atoms with Crippen LogP contribution in [0, 0.1) is 5.92 Å². The van der Waals surface area contributed by atoms with Gasteiger partial charge < -0.3 is 15.0 Å². The summed E-state index contributed by atoms with van der Waals surface area (Å²) in [4.78, 5) is 25.9. The van der Waals surface area contributed by atoms with Gasteiger partial charge in [-0.25, -0.2) is 0 Å². The van der Waals surface area contributed by atoms with Crippen molar-refractivity contribution in [1.29, 1.82) is 0 Å². The molecule has 0 radical (unpaired) electrons. The molecule has 5 heteroatoms. The number of amides is 2. The molecule has 2 amide bonds. The molecule has 2 aliphatic heterocycles. The van der Waals surface area contributed by atoms with E-state index in [1.165, 1.54) is 5.56 Å². The SMILES string of the molecule is O=C(NCC1CC(=O)N(CCc2ccccc2)C1)C1CCCO1. The van der Waals surface area contributed by atoms with Crippen molar-refractivity contribution in [3.05, 3.63) is 35.9 Å². The highest BCUT2D eigenvalue weighted by molar-refractivity contribution is 5.81. The standard InChI is InChI=1S/C18H24N2O3/c21-17-11-15(12-19-18(22)16-7-4-10-23-16)13-20(17)9-8-14-5-2-1-3-6-14/h1-3,5-6,15-16H,4,7-13H2,(H,19,22). The fraction of sp³-hybridized carbons (Fsp3) is 0.556. The van der Waals surface area contributed by atoms with E-state index in [9.17, 15) is 9.59 Å². The van der Waals surface area contributed by atoms with Crippen LogP contribution in [0.1, 0.15) is 24.8 Å². The van der Waals surface area contributed by atoms with Crippen molar-refractivity contribution in [2.45, 2.75) is 31.8 Å². The van der Waals surface area contributed by atoms with Gasteiger partial charge >= 0.3 is 0 Å². The number of hydrogen-bond acceptors (Lipinski definition) is 3. The van der Waals surface area contributed by atoms with Crippen LogP contribution in [0.2, 0.25) is 0 Å². The smallest absolute Gasteiger partial charge is 0.249 e. The molecule has 0 aromatic heterocycles. The van der Waals surface area contributed by atoms with Gasteiger partial charge in [-0.3, -0.25) is 9.59 Å². The van der Waals surface area contributed by atoms with Gasteiger partial charge in [-0.05, 0) is 24.8 Å². The molecule has 2 unspecified atom stereocenters. The molecular weight excluding hydrogens is 292 g/mol. The second-order valence-corrected chi connectivity index (χ2v) is 6.39. The lowest BCUT2D eigenvalue weighted by molar-refractivity contribution is -0.130. The highest BCUT2D eigenvalue weighted by Crippen LogP contribution is 2.18. The second-order valence-electron chi connectivity index (χ2n) is 6.39. The zero-order valence-electron chi connectivity index (χ0n) is 13.4. The Morgan fingerprint density at radius 2 is 2.13 bits per heavy atom. The topological polar surface area (TPSA) is 58.6 Å². The molecule has 1 aromatic rings. The van der Waals surface area contributed by atoms with E-state index in [-0.39, 0.29) is 23.8 Å². The lowest BCUT2D eigenvalue weighted by Gasteiger charge is -2.17. The third kappa shape index (κ3) is 4.32. The van der Waals surface area contributed by atoms with Crippen LogP contribution >= 0.6 is 0 Å². The van der Waals surface area contributed by atoms with E-state index < -0.39 is 0 Å². The summed E-state index contributed by atoms with van der Waals surface area (Å²) >= 11 is 0. The molecule has 3 rings (SSSR count). The van der Waals surface area contributed by atoms with Crippen molar-refractivity contribution in [2.24, 2.45) is 5.92 Å². The predicted octanol–water partition coefficient (Wildman–Crippen LogP) is 1.37. The molecule has 23 heavy (non-hydrogen) atoms. The Kier molecular flexibility index (Phi) is 5.28. The Morgan fingerprint density at radius 3 is 2.87 bits per heavy atom. The van der Waals surface area contributed by atoms with Gasteiger partial charge in [-0.15, -0.1) is 0 Å². The Labute approximate surface area is 137 Å². The minimum atomic E-state index is -0.290. The Hall–Kier alpha value is -1.88. The van der Waals surface area contributed by atoms with Crippen LogP contribution in [0.15, 0.2) is 30.3 Å². The van der Waals surface area contributed by atoms with Gasteiger partial charge in [0.15, 0.2) is 0 Å². The average molecular weight is 316 g/mol. The first-order valence-corrected chi connectivity index (χ1v) is 8.43. The van der Waals surface area contributed by atoms with Crippen molar-refractivity contribution in [1.82, 2.24) is 10.2 Å². The van der Waals surface area contributed by atoms with Crippen LogP contribution in [0.4, 0.5) is 0 Å². The summed E-state index contributed by atoms with van der Waals surface area (Å²) in [5.41, 5.74) is 1.25. The summed E-state index contributed by atoms with van der Waals surface area (Å²) < 4.78 is 5.37. The number of nitrogens with zero attached hydrogens (tertiary/aromatic N) is 1. The highest BCUT2D eigenvalue weighted by atomic mass is 16.5. The monoisotopic (exact) mass is 316 g/mol. The lowest BCUT2D eigenvalue weighted by atomic mass is 10.1. The van der Waals surface area contributed by atoms with E-state index in [0.29, 0.717) is 19.6 Å². The van der Waals surface area contributed by atoms with E-state index >= 15 is 0 Å². The number of carbonyl (C=O) groups is 2. The number of rotatable bonds is 6. The molecule has 2 fully saturated rings. The molecule has 0 bridgehead atoms. The van der Waals surface area contributed by atoms with Crippen LogP contribution in [-0.2, 0) is 20.7 Å². The average Bonchev–Trinajstić information content (AvgIpc) is 3.22. The zero-order chi connectivity index (χ0) is 16.1. The fourth-order valence-corrected chi connectivity index (χ4v) is 3.26. The molecule has 0 saturated carbocycles. The maximum Gasteiger partial charge on any atom is 0.249 e. The van der Waals surface area contributed by atoms with Crippen molar-refractivity contribution >= 4 is 11.8 Å².